The molecule has 1 aromatic carbocycles. The van der Waals surface area contributed by atoms with Gasteiger partial charge in [-0.05, 0) is 37.9 Å². The summed E-state index contributed by atoms with van der Waals surface area (Å²) < 4.78 is 0. The minimum Gasteiger partial charge on any atom is -0.397 e. The van der Waals surface area contributed by atoms with Crippen LogP contribution in [0.2, 0.25) is 0 Å². The lowest BCUT2D eigenvalue weighted by Crippen LogP contribution is -2.36. The van der Waals surface area contributed by atoms with Crippen molar-refractivity contribution >= 4 is 17.1 Å². The summed E-state index contributed by atoms with van der Waals surface area (Å²) in [7, 11) is 0. The van der Waals surface area contributed by atoms with Crippen LogP contribution in [0.5, 0.6) is 0 Å². The fourth-order valence-electron chi connectivity index (χ4n) is 2.46. The molecule has 3 N–H and O–H groups in total. The molecular weight excluding hydrogens is 256 g/mol. The van der Waals surface area contributed by atoms with Gasteiger partial charge in [-0.15, -0.1) is 0 Å². The zero-order chi connectivity index (χ0) is 14.5. The zero-order valence-electron chi connectivity index (χ0n) is 11.8. The van der Waals surface area contributed by atoms with Crippen molar-refractivity contribution in [1.82, 2.24) is 4.90 Å². The molecule has 0 radical (unpaired) electrons. The van der Waals surface area contributed by atoms with Crippen molar-refractivity contribution in [2.45, 2.75) is 19.8 Å². The van der Waals surface area contributed by atoms with Gasteiger partial charge < -0.3 is 16.0 Å². The van der Waals surface area contributed by atoms with Gasteiger partial charge >= 0.3 is 0 Å². The van der Waals surface area contributed by atoms with Gasteiger partial charge in [-0.3, -0.25) is 10.1 Å². The fraction of sp³-hybridized carbons (Fsp3) is 0.571. The Morgan fingerprint density at radius 1 is 1.45 bits per heavy atom. The summed E-state index contributed by atoms with van der Waals surface area (Å²) in [4.78, 5) is 12.6. The summed E-state index contributed by atoms with van der Waals surface area (Å²) in [5, 5.41) is 13.9. The molecule has 1 saturated heterocycles. The number of nitrogen functional groups attached to an aromatic ring is 1. The summed E-state index contributed by atoms with van der Waals surface area (Å²) >= 11 is 0. The smallest absolute Gasteiger partial charge is 0.271 e. The molecule has 0 saturated carbocycles. The van der Waals surface area contributed by atoms with Crippen molar-refractivity contribution in [3.63, 3.8) is 0 Å². The quantitative estimate of drug-likeness (QED) is 0.490. The number of benzene rings is 1. The summed E-state index contributed by atoms with van der Waals surface area (Å²) in [5.41, 5.74) is 7.03. The number of nitrogens with two attached hydrogens (primary N) is 1. The molecule has 0 unspecified atom stereocenters. The van der Waals surface area contributed by atoms with E-state index in [9.17, 15) is 10.1 Å². The molecule has 0 bridgehead atoms. The van der Waals surface area contributed by atoms with Crippen molar-refractivity contribution in [3.8, 4) is 0 Å². The van der Waals surface area contributed by atoms with Gasteiger partial charge in [-0.2, -0.15) is 0 Å². The van der Waals surface area contributed by atoms with E-state index in [1.165, 1.54) is 25.0 Å². The first kappa shape index (κ1) is 14.6. The van der Waals surface area contributed by atoms with Crippen molar-refractivity contribution in [3.05, 3.63) is 28.3 Å². The number of nitro groups is 1. The third-order valence-corrected chi connectivity index (χ3v) is 3.87. The molecule has 2 rings (SSSR count). The predicted octanol–water partition coefficient (Wildman–Crippen LogP) is 2.32. The lowest BCUT2D eigenvalue weighted by atomic mass is 9.99. The number of nitrogens with one attached hydrogen (secondary N) is 1. The molecule has 20 heavy (non-hydrogen) atoms. The summed E-state index contributed by atoms with van der Waals surface area (Å²) in [6.45, 7) is 6.38. The first-order chi connectivity index (χ1) is 9.56. The van der Waals surface area contributed by atoms with Crippen LogP contribution in [0.3, 0.4) is 0 Å². The average molecular weight is 278 g/mol. The van der Waals surface area contributed by atoms with E-state index in [1.807, 2.05) is 0 Å². The maximum atomic E-state index is 10.6. The van der Waals surface area contributed by atoms with E-state index in [0.29, 0.717) is 5.69 Å². The van der Waals surface area contributed by atoms with Crippen LogP contribution in [-0.2, 0) is 0 Å². The van der Waals surface area contributed by atoms with E-state index in [1.54, 1.807) is 6.07 Å². The Kier molecular flexibility index (Phi) is 4.79. The second-order valence-electron chi connectivity index (χ2n) is 5.48. The van der Waals surface area contributed by atoms with Crippen LogP contribution < -0.4 is 11.1 Å². The van der Waals surface area contributed by atoms with Gasteiger partial charge in [0.1, 0.15) is 0 Å². The van der Waals surface area contributed by atoms with Crippen LogP contribution in [-0.4, -0.2) is 36.0 Å². The van der Waals surface area contributed by atoms with Gasteiger partial charge in [0.25, 0.3) is 5.69 Å². The van der Waals surface area contributed by atoms with E-state index < -0.39 is 4.92 Å². The van der Waals surface area contributed by atoms with Crippen molar-refractivity contribution in [2.75, 3.05) is 37.2 Å². The van der Waals surface area contributed by atoms with Crippen LogP contribution in [0.4, 0.5) is 17.1 Å². The molecule has 6 nitrogen and oxygen atoms in total. The first-order valence-corrected chi connectivity index (χ1v) is 7.06. The van der Waals surface area contributed by atoms with Gasteiger partial charge in [0.05, 0.1) is 16.3 Å². The highest BCUT2D eigenvalue weighted by Crippen LogP contribution is 2.24. The number of anilines is 2. The highest BCUT2D eigenvalue weighted by molar-refractivity contribution is 5.69. The normalized spacial score (nSPS) is 17.1. The maximum Gasteiger partial charge on any atom is 0.271 e. The lowest BCUT2D eigenvalue weighted by Gasteiger charge is -2.30. The highest BCUT2D eigenvalue weighted by atomic mass is 16.6. The molecule has 0 aromatic heterocycles. The lowest BCUT2D eigenvalue weighted by molar-refractivity contribution is -0.384. The molecule has 1 aliphatic rings. The Morgan fingerprint density at radius 3 is 2.75 bits per heavy atom. The zero-order valence-corrected chi connectivity index (χ0v) is 11.8. The summed E-state index contributed by atoms with van der Waals surface area (Å²) in [6.07, 6.45) is 2.53. The number of likely N-dealkylation sites (tertiary alicyclic amines) is 1. The van der Waals surface area contributed by atoms with Gasteiger partial charge in [0, 0.05) is 25.2 Å². The third-order valence-electron chi connectivity index (χ3n) is 3.87. The second kappa shape index (κ2) is 6.56. The molecule has 1 aliphatic heterocycles. The van der Waals surface area contributed by atoms with Gasteiger partial charge in [-0.25, -0.2) is 0 Å². The minimum atomic E-state index is -0.435. The molecule has 1 aromatic rings. The van der Waals surface area contributed by atoms with Crippen LogP contribution in [0.1, 0.15) is 19.8 Å². The number of piperidine rings is 1. The Labute approximate surface area is 119 Å². The largest absolute Gasteiger partial charge is 0.397 e. The predicted molar refractivity (Wildman–Crippen MR) is 80.8 cm³/mol. The minimum absolute atomic E-state index is 0.0260. The maximum absolute atomic E-state index is 10.6. The molecular formula is C14H22N4O2. The molecule has 6 heteroatoms. The first-order valence-electron chi connectivity index (χ1n) is 7.06. The molecule has 0 amide bonds. The van der Waals surface area contributed by atoms with Gasteiger partial charge in [-0.1, -0.05) is 6.92 Å². The Balaban J connectivity index is 1.81. The van der Waals surface area contributed by atoms with Crippen LogP contribution in [0.15, 0.2) is 18.2 Å². The van der Waals surface area contributed by atoms with E-state index in [4.69, 9.17) is 5.73 Å². The van der Waals surface area contributed by atoms with E-state index in [0.717, 1.165) is 37.8 Å². The number of nitrogens with zero attached hydrogens (tertiary/aromatic N) is 2. The Hall–Kier alpha value is -1.82. The SMILES string of the molecule is CC1CCN(CCNc2ccc([N+](=O)[O-])cc2N)CC1. The molecule has 0 aliphatic carbocycles. The number of nitro benzene ring substituents is 1. The molecule has 110 valence electrons. The number of non-ortho nitro benzene ring substituents is 1. The summed E-state index contributed by atoms with van der Waals surface area (Å²) in [5.74, 6) is 0.838. The third kappa shape index (κ3) is 3.84. The Morgan fingerprint density at radius 2 is 2.15 bits per heavy atom. The van der Waals surface area contributed by atoms with E-state index in [2.05, 4.69) is 17.1 Å². The standard InChI is InChI=1S/C14H22N4O2/c1-11-4-7-17(8-5-11)9-6-16-14-3-2-12(18(19)20)10-13(14)15/h2-3,10-11,16H,4-9,15H2,1H3. The van der Waals surface area contributed by atoms with Crippen molar-refractivity contribution < 1.29 is 4.92 Å². The Bertz CT molecular complexity index is 470. The van der Waals surface area contributed by atoms with E-state index >= 15 is 0 Å². The molecule has 0 atom stereocenters. The highest BCUT2D eigenvalue weighted by Gasteiger charge is 2.15. The molecule has 0 spiro atoms. The molecule has 1 fully saturated rings. The van der Waals surface area contributed by atoms with Crippen LogP contribution in [0, 0.1) is 16.0 Å². The van der Waals surface area contributed by atoms with Gasteiger partial charge in [0.15, 0.2) is 0 Å². The van der Waals surface area contributed by atoms with Crippen molar-refractivity contribution in [1.29, 1.82) is 0 Å². The number of rotatable bonds is 5. The van der Waals surface area contributed by atoms with Gasteiger partial charge in [0.2, 0.25) is 0 Å². The molecule has 1 heterocycles. The summed E-state index contributed by atoms with van der Waals surface area (Å²) in [6, 6.07) is 4.54. The van der Waals surface area contributed by atoms with Crippen LogP contribution >= 0.6 is 0 Å². The van der Waals surface area contributed by atoms with Crippen LogP contribution in [0.25, 0.3) is 0 Å². The fourth-order valence-corrected chi connectivity index (χ4v) is 2.46. The van der Waals surface area contributed by atoms with E-state index in [-0.39, 0.29) is 5.69 Å². The average Bonchev–Trinajstić information content (AvgIpc) is 2.42. The van der Waals surface area contributed by atoms with Crippen molar-refractivity contribution in [2.24, 2.45) is 5.92 Å². The number of hydrogen-bond acceptors (Lipinski definition) is 5. The second-order valence-corrected chi connectivity index (χ2v) is 5.48. The topological polar surface area (TPSA) is 84.4 Å². The number of hydrogen-bond donors (Lipinski definition) is 2. The monoisotopic (exact) mass is 278 g/mol.